The molecule has 2 nitrogen and oxygen atoms in total. The predicted octanol–water partition coefficient (Wildman–Crippen LogP) is 2.81. The van der Waals surface area contributed by atoms with Crippen molar-refractivity contribution in [1.29, 1.82) is 5.26 Å². The first-order valence-corrected chi connectivity index (χ1v) is 4.81. The smallest absolute Gasteiger partial charge is 0.154 e. The third-order valence-electron chi connectivity index (χ3n) is 2.08. The van der Waals surface area contributed by atoms with Crippen molar-refractivity contribution in [3.05, 3.63) is 29.3 Å². The van der Waals surface area contributed by atoms with Gasteiger partial charge in [0, 0.05) is 0 Å². The third-order valence-corrected chi connectivity index (χ3v) is 2.30. The largest absolute Gasteiger partial charge is 0.491 e. The van der Waals surface area contributed by atoms with E-state index in [1.165, 1.54) is 5.56 Å². The summed E-state index contributed by atoms with van der Waals surface area (Å²) in [4.78, 5) is 0. The number of alkyl halides is 1. The van der Waals surface area contributed by atoms with Crippen LogP contribution in [0.15, 0.2) is 18.2 Å². The maximum absolute atomic E-state index is 8.47. The normalized spacial score (nSPS) is 11.9. The average Bonchev–Trinajstić information content (AvgIpc) is 2.20. The molecule has 0 aliphatic heterocycles. The highest BCUT2D eigenvalue weighted by molar-refractivity contribution is 6.22. The molecule has 0 radical (unpaired) electrons. The Morgan fingerprint density at radius 3 is 2.86 bits per heavy atom. The van der Waals surface area contributed by atoms with Crippen LogP contribution in [-0.4, -0.2) is 12.0 Å². The van der Waals surface area contributed by atoms with Gasteiger partial charge >= 0.3 is 0 Å². The summed E-state index contributed by atoms with van der Waals surface area (Å²) in [5.41, 5.74) is 2.26. The van der Waals surface area contributed by atoms with Crippen molar-refractivity contribution in [2.75, 3.05) is 6.61 Å². The molecule has 1 atom stereocenters. The summed E-state index contributed by atoms with van der Waals surface area (Å²) in [6.45, 7) is 4.23. The fourth-order valence-corrected chi connectivity index (χ4v) is 1.14. The maximum Gasteiger partial charge on any atom is 0.154 e. The zero-order valence-electron chi connectivity index (χ0n) is 8.25. The summed E-state index contributed by atoms with van der Waals surface area (Å²) in [5, 5.41) is 7.89. The van der Waals surface area contributed by atoms with E-state index in [2.05, 4.69) is 0 Å². The van der Waals surface area contributed by atoms with Crippen LogP contribution in [0, 0.1) is 25.2 Å². The van der Waals surface area contributed by atoms with Gasteiger partial charge in [-0.2, -0.15) is 5.26 Å². The van der Waals surface area contributed by atoms with Crippen LogP contribution in [0.4, 0.5) is 0 Å². The Morgan fingerprint density at radius 2 is 2.21 bits per heavy atom. The molecule has 0 amide bonds. The zero-order valence-corrected chi connectivity index (χ0v) is 9.01. The van der Waals surface area contributed by atoms with Crippen LogP contribution >= 0.6 is 11.6 Å². The third kappa shape index (κ3) is 2.65. The lowest BCUT2D eigenvalue weighted by Gasteiger charge is -2.10. The monoisotopic (exact) mass is 209 g/mol. The molecule has 0 aliphatic rings. The molecule has 0 heterocycles. The van der Waals surface area contributed by atoms with E-state index in [0.717, 1.165) is 11.3 Å². The van der Waals surface area contributed by atoms with Gasteiger partial charge in [-0.25, -0.2) is 0 Å². The number of halogens is 1. The highest BCUT2D eigenvalue weighted by Gasteiger charge is 2.05. The van der Waals surface area contributed by atoms with Crippen LogP contribution < -0.4 is 4.74 Å². The summed E-state index contributed by atoms with van der Waals surface area (Å²) in [7, 11) is 0. The number of hydrogen-bond acceptors (Lipinski definition) is 2. The molecule has 0 aromatic heterocycles. The first-order valence-electron chi connectivity index (χ1n) is 4.38. The minimum atomic E-state index is -0.588. The number of aryl methyl sites for hydroxylation is 1. The number of ether oxygens (including phenoxy) is 1. The van der Waals surface area contributed by atoms with E-state index in [-0.39, 0.29) is 6.61 Å². The summed E-state index contributed by atoms with van der Waals surface area (Å²) >= 11 is 5.62. The lowest BCUT2D eigenvalue weighted by atomic mass is 10.1. The molecule has 0 bridgehead atoms. The van der Waals surface area contributed by atoms with Crippen LogP contribution in [0.3, 0.4) is 0 Å². The van der Waals surface area contributed by atoms with E-state index in [4.69, 9.17) is 21.6 Å². The number of benzene rings is 1. The molecular formula is C11H12ClNO. The number of nitriles is 1. The Balaban J connectivity index is 2.69. The minimum Gasteiger partial charge on any atom is -0.491 e. The van der Waals surface area contributed by atoms with Gasteiger partial charge in [0.2, 0.25) is 0 Å². The predicted molar refractivity (Wildman–Crippen MR) is 56.7 cm³/mol. The molecule has 14 heavy (non-hydrogen) atoms. The lowest BCUT2D eigenvalue weighted by molar-refractivity contribution is 0.326. The highest BCUT2D eigenvalue weighted by Crippen LogP contribution is 2.20. The van der Waals surface area contributed by atoms with Crippen molar-refractivity contribution in [1.82, 2.24) is 0 Å². The van der Waals surface area contributed by atoms with Crippen LogP contribution in [0.5, 0.6) is 5.75 Å². The molecular weight excluding hydrogens is 198 g/mol. The molecule has 0 fully saturated rings. The van der Waals surface area contributed by atoms with Gasteiger partial charge in [0.15, 0.2) is 5.38 Å². The molecule has 1 unspecified atom stereocenters. The first-order chi connectivity index (χ1) is 6.65. The van der Waals surface area contributed by atoms with Crippen molar-refractivity contribution in [2.24, 2.45) is 0 Å². The molecule has 1 aromatic rings. The average molecular weight is 210 g/mol. The number of rotatable bonds is 3. The summed E-state index contributed by atoms with van der Waals surface area (Å²) < 4.78 is 5.42. The summed E-state index contributed by atoms with van der Waals surface area (Å²) in [6, 6.07) is 7.73. The number of nitrogens with zero attached hydrogens (tertiary/aromatic N) is 1. The molecule has 0 N–H and O–H groups in total. The summed E-state index contributed by atoms with van der Waals surface area (Å²) in [6.07, 6.45) is 0. The van der Waals surface area contributed by atoms with Gasteiger partial charge in [-0.05, 0) is 31.0 Å². The van der Waals surface area contributed by atoms with Gasteiger partial charge in [0.1, 0.15) is 12.4 Å². The second-order valence-corrected chi connectivity index (χ2v) is 3.63. The van der Waals surface area contributed by atoms with Crippen molar-refractivity contribution < 1.29 is 4.74 Å². The molecule has 0 spiro atoms. The van der Waals surface area contributed by atoms with E-state index in [1.807, 2.05) is 38.1 Å². The SMILES string of the molecule is Cc1cccc(OCC(Cl)C#N)c1C. The Kier molecular flexibility index (Phi) is 3.79. The van der Waals surface area contributed by atoms with Crippen LogP contribution in [-0.2, 0) is 0 Å². The first kappa shape index (κ1) is 10.9. The molecule has 0 saturated carbocycles. The quantitative estimate of drug-likeness (QED) is 0.718. The Bertz CT molecular complexity index is 357. The Morgan fingerprint density at radius 1 is 1.50 bits per heavy atom. The minimum absolute atomic E-state index is 0.225. The van der Waals surface area contributed by atoms with Gasteiger partial charge in [-0.1, -0.05) is 12.1 Å². The van der Waals surface area contributed by atoms with E-state index in [9.17, 15) is 0 Å². The molecule has 0 aliphatic carbocycles. The molecule has 1 rings (SSSR count). The lowest BCUT2D eigenvalue weighted by Crippen LogP contribution is -2.09. The van der Waals surface area contributed by atoms with E-state index in [0.29, 0.717) is 0 Å². The standard InChI is InChI=1S/C11H12ClNO/c1-8-4-3-5-11(9(8)2)14-7-10(12)6-13/h3-5,10H,7H2,1-2H3. The van der Waals surface area contributed by atoms with Crippen molar-refractivity contribution in [2.45, 2.75) is 19.2 Å². The van der Waals surface area contributed by atoms with Crippen molar-refractivity contribution >= 4 is 11.6 Å². The van der Waals surface area contributed by atoms with Gasteiger partial charge in [-0.15, -0.1) is 11.6 Å². The highest BCUT2D eigenvalue weighted by atomic mass is 35.5. The van der Waals surface area contributed by atoms with Gasteiger partial charge in [-0.3, -0.25) is 0 Å². The van der Waals surface area contributed by atoms with E-state index in [1.54, 1.807) is 0 Å². The molecule has 74 valence electrons. The van der Waals surface area contributed by atoms with Crippen molar-refractivity contribution in [3.8, 4) is 11.8 Å². The van der Waals surface area contributed by atoms with Crippen molar-refractivity contribution in [3.63, 3.8) is 0 Å². The van der Waals surface area contributed by atoms with E-state index >= 15 is 0 Å². The molecule has 3 heteroatoms. The van der Waals surface area contributed by atoms with Gasteiger partial charge in [0.25, 0.3) is 0 Å². The zero-order chi connectivity index (χ0) is 10.6. The van der Waals surface area contributed by atoms with Crippen LogP contribution in [0.2, 0.25) is 0 Å². The van der Waals surface area contributed by atoms with Crippen LogP contribution in [0.25, 0.3) is 0 Å². The van der Waals surface area contributed by atoms with Crippen LogP contribution in [0.1, 0.15) is 11.1 Å². The Labute approximate surface area is 89.1 Å². The fraction of sp³-hybridized carbons (Fsp3) is 0.364. The van der Waals surface area contributed by atoms with Gasteiger partial charge < -0.3 is 4.74 Å². The second kappa shape index (κ2) is 4.88. The topological polar surface area (TPSA) is 33.0 Å². The number of hydrogen-bond donors (Lipinski definition) is 0. The fourth-order valence-electron chi connectivity index (χ4n) is 1.08. The summed E-state index contributed by atoms with van der Waals surface area (Å²) in [5.74, 6) is 0.797. The maximum atomic E-state index is 8.47. The second-order valence-electron chi connectivity index (χ2n) is 3.11. The van der Waals surface area contributed by atoms with Gasteiger partial charge in [0.05, 0.1) is 6.07 Å². The Hall–Kier alpha value is -1.20. The van der Waals surface area contributed by atoms with E-state index < -0.39 is 5.38 Å². The molecule has 0 saturated heterocycles. The molecule has 1 aromatic carbocycles.